The summed E-state index contributed by atoms with van der Waals surface area (Å²) in [5.74, 6) is -4.02. The van der Waals surface area contributed by atoms with Gasteiger partial charge in [-0.05, 0) is 30.7 Å². The molecule has 4 heteroatoms. The van der Waals surface area contributed by atoms with Crippen molar-refractivity contribution >= 4 is 0 Å². The Morgan fingerprint density at radius 2 is 1.71 bits per heavy atom. The van der Waals surface area contributed by atoms with Gasteiger partial charge in [-0.15, -0.1) is 0 Å². The maximum absolute atomic E-state index is 13.6. The topological polar surface area (TPSA) is 20.2 Å². The molecule has 1 aliphatic rings. The molecule has 1 atom stereocenters. The minimum Gasteiger partial charge on any atom is -0.385 e. The SMILES string of the molecule is CC1(C)CCC(O)(c2ccc(F)c(F)c2F)C1. The summed E-state index contributed by atoms with van der Waals surface area (Å²) in [5.41, 5.74) is -1.64. The third kappa shape index (κ3) is 2.06. The van der Waals surface area contributed by atoms with Crippen LogP contribution in [0.3, 0.4) is 0 Å². The molecule has 17 heavy (non-hydrogen) atoms. The van der Waals surface area contributed by atoms with E-state index in [2.05, 4.69) is 0 Å². The fourth-order valence-corrected chi connectivity index (χ4v) is 2.63. The first-order chi connectivity index (χ1) is 7.75. The molecule has 1 aromatic rings. The van der Waals surface area contributed by atoms with Crippen molar-refractivity contribution in [2.75, 3.05) is 0 Å². The fraction of sp³-hybridized carbons (Fsp3) is 0.538. The molecule has 0 saturated heterocycles. The van der Waals surface area contributed by atoms with E-state index >= 15 is 0 Å². The zero-order chi connectivity index (χ0) is 12.8. The van der Waals surface area contributed by atoms with Gasteiger partial charge >= 0.3 is 0 Å². The monoisotopic (exact) mass is 244 g/mol. The number of halogens is 3. The van der Waals surface area contributed by atoms with Crippen LogP contribution in [-0.2, 0) is 5.60 Å². The van der Waals surface area contributed by atoms with Gasteiger partial charge in [0.05, 0.1) is 5.60 Å². The fourth-order valence-electron chi connectivity index (χ4n) is 2.63. The molecule has 1 aromatic carbocycles. The predicted octanol–water partition coefficient (Wildman–Crippen LogP) is 3.50. The Morgan fingerprint density at radius 3 is 2.24 bits per heavy atom. The van der Waals surface area contributed by atoms with E-state index in [0.717, 1.165) is 18.6 Å². The summed E-state index contributed by atoms with van der Waals surface area (Å²) in [6, 6.07) is 1.99. The summed E-state index contributed by atoms with van der Waals surface area (Å²) >= 11 is 0. The first-order valence-electron chi connectivity index (χ1n) is 5.62. The average molecular weight is 244 g/mol. The van der Waals surface area contributed by atoms with E-state index in [1.54, 1.807) is 0 Å². The summed E-state index contributed by atoms with van der Waals surface area (Å²) in [6.07, 6.45) is 1.44. The van der Waals surface area contributed by atoms with Gasteiger partial charge in [0.2, 0.25) is 0 Å². The Bertz CT molecular complexity index is 456. The van der Waals surface area contributed by atoms with Gasteiger partial charge in [-0.2, -0.15) is 0 Å². The van der Waals surface area contributed by atoms with E-state index in [9.17, 15) is 18.3 Å². The van der Waals surface area contributed by atoms with E-state index in [-0.39, 0.29) is 11.0 Å². The van der Waals surface area contributed by atoms with Crippen LogP contribution in [0.5, 0.6) is 0 Å². The van der Waals surface area contributed by atoms with Crippen LogP contribution in [0.2, 0.25) is 0 Å². The van der Waals surface area contributed by atoms with E-state index in [1.807, 2.05) is 13.8 Å². The van der Waals surface area contributed by atoms with Crippen LogP contribution < -0.4 is 0 Å². The highest BCUT2D eigenvalue weighted by molar-refractivity contribution is 5.28. The van der Waals surface area contributed by atoms with Gasteiger partial charge in [-0.1, -0.05) is 19.9 Å². The molecule has 0 heterocycles. The van der Waals surface area contributed by atoms with Gasteiger partial charge < -0.3 is 5.11 Å². The maximum atomic E-state index is 13.6. The number of hydrogen-bond acceptors (Lipinski definition) is 1. The van der Waals surface area contributed by atoms with Crippen molar-refractivity contribution in [2.45, 2.75) is 38.7 Å². The third-order valence-corrected chi connectivity index (χ3v) is 3.52. The van der Waals surface area contributed by atoms with Crippen LogP contribution in [0.25, 0.3) is 0 Å². The molecule has 1 saturated carbocycles. The molecule has 0 aliphatic heterocycles. The first kappa shape index (κ1) is 12.4. The Kier molecular flexibility index (Phi) is 2.73. The van der Waals surface area contributed by atoms with Crippen molar-refractivity contribution in [2.24, 2.45) is 5.41 Å². The molecule has 0 radical (unpaired) electrons. The summed E-state index contributed by atoms with van der Waals surface area (Å²) in [4.78, 5) is 0. The molecule has 0 amide bonds. The van der Waals surface area contributed by atoms with E-state index in [1.165, 1.54) is 0 Å². The highest BCUT2D eigenvalue weighted by Crippen LogP contribution is 2.49. The lowest BCUT2D eigenvalue weighted by atomic mass is 9.85. The summed E-state index contributed by atoms with van der Waals surface area (Å²) in [7, 11) is 0. The van der Waals surface area contributed by atoms with E-state index < -0.39 is 23.1 Å². The second kappa shape index (κ2) is 3.73. The number of rotatable bonds is 1. The molecule has 0 bridgehead atoms. The van der Waals surface area contributed by atoms with Crippen LogP contribution in [-0.4, -0.2) is 5.11 Å². The molecule has 1 fully saturated rings. The Hall–Kier alpha value is -1.03. The number of aliphatic hydroxyl groups is 1. The van der Waals surface area contributed by atoms with Crippen molar-refractivity contribution in [1.29, 1.82) is 0 Å². The molecule has 0 spiro atoms. The molecule has 94 valence electrons. The number of hydrogen-bond donors (Lipinski definition) is 1. The molecule has 1 aliphatic carbocycles. The van der Waals surface area contributed by atoms with Crippen LogP contribution >= 0.6 is 0 Å². The standard InChI is InChI=1S/C13H15F3O/c1-12(2)5-6-13(17,7-12)8-3-4-9(14)11(16)10(8)15/h3-4,17H,5-7H2,1-2H3. The normalized spacial score (nSPS) is 27.4. The van der Waals surface area contributed by atoms with Crippen LogP contribution in [0.1, 0.15) is 38.7 Å². The Labute approximate surface area is 98.3 Å². The Balaban J connectivity index is 2.45. The molecule has 0 aromatic heterocycles. The third-order valence-electron chi connectivity index (χ3n) is 3.52. The summed E-state index contributed by atoms with van der Waals surface area (Å²) in [6.45, 7) is 3.92. The van der Waals surface area contributed by atoms with Crippen LogP contribution in [0.15, 0.2) is 12.1 Å². The highest BCUT2D eigenvalue weighted by atomic mass is 19.2. The van der Waals surface area contributed by atoms with Crippen LogP contribution in [0.4, 0.5) is 13.2 Å². The number of benzene rings is 1. The van der Waals surface area contributed by atoms with Crippen molar-refractivity contribution in [3.63, 3.8) is 0 Å². The van der Waals surface area contributed by atoms with E-state index in [4.69, 9.17) is 0 Å². The Morgan fingerprint density at radius 1 is 1.06 bits per heavy atom. The quantitative estimate of drug-likeness (QED) is 0.749. The first-order valence-corrected chi connectivity index (χ1v) is 5.62. The van der Waals surface area contributed by atoms with Gasteiger partial charge in [0, 0.05) is 5.56 Å². The molecule has 1 unspecified atom stereocenters. The summed E-state index contributed by atoms with van der Waals surface area (Å²) < 4.78 is 39.6. The average Bonchev–Trinajstić information content (AvgIpc) is 2.50. The zero-order valence-electron chi connectivity index (χ0n) is 9.86. The van der Waals surface area contributed by atoms with Crippen molar-refractivity contribution in [3.8, 4) is 0 Å². The van der Waals surface area contributed by atoms with Gasteiger partial charge in [0.25, 0.3) is 0 Å². The van der Waals surface area contributed by atoms with Crippen molar-refractivity contribution < 1.29 is 18.3 Å². The largest absolute Gasteiger partial charge is 0.385 e. The highest BCUT2D eigenvalue weighted by Gasteiger charge is 2.44. The zero-order valence-corrected chi connectivity index (χ0v) is 9.86. The molecule has 2 rings (SSSR count). The predicted molar refractivity (Wildman–Crippen MR) is 57.8 cm³/mol. The lowest BCUT2D eigenvalue weighted by Gasteiger charge is -2.26. The lowest BCUT2D eigenvalue weighted by molar-refractivity contribution is 0.0295. The summed E-state index contributed by atoms with van der Waals surface area (Å²) in [5, 5.41) is 10.4. The van der Waals surface area contributed by atoms with Crippen molar-refractivity contribution in [1.82, 2.24) is 0 Å². The second-order valence-electron chi connectivity index (χ2n) is 5.60. The van der Waals surface area contributed by atoms with Gasteiger partial charge in [0.15, 0.2) is 17.5 Å². The van der Waals surface area contributed by atoms with Crippen LogP contribution in [0, 0.1) is 22.9 Å². The minimum atomic E-state index is -1.51. The second-order valence-corrected chi connectivity index (χ2v) is 5.60. The molecular formula is C13H15F3O. The van der Waals surface area contributed by atoms with Crippen molar-refractivity contribution in [3.05, 3.63) is 35.1 Å². The molecular weight excluding hydrogens is 229 g/mol. The molecule has 1 N–H and O–H groups in total. The van der Waals surface area contributed by atoms with E-state index in [0.29, 0.717) is 12.8 Å². The minimum absolute atomic E-state index is 0.119. The van der Waals surface area contributed by atoms with Gasteiger partial charge in [-0.3, -0.25) is 0 Å². The van der Waals surface area contributed by atoms with Gasteiger partial charge in [0.1, 0.15) is 0 Å². The maximum Gasteiger partial charge on any atom is 0.194 e. The smallest absolute Gasteiger partial charge is 0.194 e. The lowest BCUT2D eigenvalue weighted by Crippen LogP contribution is -2.25. The van der Waals surface area contributed by atoms with Gasteiger partial charge in [-0.25, -0.2) is 13.2 Å². The molecule has 1 nitrogen and oxygen atoms in total.